The van der Waals surface area contributed by atoms with Crippen molar-refractivity contribution >= 4 is 22.5 Å². The number of nitrogens with one attached hydrogen (secondary N) is 2. The number of rotatable bonds is 3. The van der Waals surface area contributed by atoms with E-state index in [1.807, 2.05) is 24.3 Å². The molecule has 2 aromatic carbocycles. The number of fused-ring (bicyclic) bond motifs is 2. The van der Waals surface area contributed by atoms with Gasteiger partial charge in [0, 0.05) is 28.2 Å². The molecule has 0 saturated carbocycles. The average molecular weight is 323 g/mol. The summed E-state index contributed by atoms with van der Waals surface area (Å²) < 4.78 is 5.22. The third-order valence-corrected chi connectivity index (χ3v) is 4.26. The van der Waals surface area contributed by atoms with Gasteiger partial charge in [0.15, 0.2) is 0 Å². The van der Waals surface area contributed by atoms with E-state index in [9.17, 15) is 14.9 Å². The molecular weight excluding hydrogens is 310 g/mol. The van der Waals surface area contributed by atoms with Crippen LogP contribution in [0.5, 0.6) is 5.75 Å². The third-order valence-electron chi connectivity index (χ3n) is 4.26. The van der Waals surface area contributed by atoms with Gasteiger partial charge in [0.2, 0.25) is 0 Å². The number of aromatic amines is 1. The Bertz CT molecular complexity index is 1010. The lowest BCUT2D eigenvalue weighted by Gasteiger charge is -2.05. The van der Waals surface area contributed by atoms with E-state index in [4.69, 9.17) is 4.74 Å². The first kappa shape index (κ1) is 14.3. The second-order valence-corrected chi connectivity index (χ2v) is 5.56. The molecule has 0 spiro atoms. The SMILES string of the molecule is COc1ccc2[nH]c(-c3ccc([N+](=O)[O-])c4c3C(=O)NC4)cc2c1. The Morgan fingerprint density at radius 1 is 1.21 bits per heavy atom. The van der Waals surface area contributed by atoms with Crippen molar-refractivity contribution in [1.29, 1.82) is 0 Å². The molecule has 4 rings (SSSR count). The molecule has 7 nitrogen and oxygen atoms in total. The first-order chi connectivity index (χ1) is 11.6. The molecule has 3 aromatic rings. The number of methoxy groups -OCH3 is 1. The second-order valence-electron chi connectivity index (χ2n) is 5.56. The summed E-state index contributed by atoms with van der Waals surface area (Å²) in [7, 11) is 1.60. The number of hydrogen-bond acceptors (Lipinski definition) is 4. The zero-order valence-corrected chi connectivity index (χ0v) is 12.8. The number of nitrogens with zero attached hydrogens (tertiary/aromatic N) is 1. The van der Waals surface area contributed by atoms with Gasteiger partial charge in [-0.3, -0.25) is 14.9 Å². The molecule has 1 aliphatic heterocycles. The normalized spacial score (nSPS) is 13.0. The molecule has 0 atom stereocenters. The minimum Gasteiger partial charge on any atom is -0.497 e. The van der Waals surface area contributed by atoms with E-state index in [1.54, 1.807) is 13.2 Å². The lowest BCUT2D eigenvalue weighted by molar-refractivity contribution is -0.385. The Morgan fingerprint density at radius 3 is 2.79 bits per heavy atom. The fourth-order valence-electron chi connectivity index (χ4n) is 3.11. The highest BCUT2D eigenvalue weighted by Gasteiger charge is 2.30. The second kappa shape index (κ2) is 5.09. The number of nitro groups is 1. The van der Waals surface area contributed by atoms with Gasteiger partial charge in [-0.15, -0.1) is 0 Å². The maximum atomic E-state index is 12.2. The molecule has 120 valence electrons. The smallest absolute Gasteiger partial charge is 0.275 e. The van der Waals surface area contributed by atoms with Gasteiger partial charge in [-0.25, -0.2) is 0 Å². The fraction of sp³-hybridized carbons (Fsp3) is 0.118. The standard InChI is InChI=1S/C17H13N3O4/c1-24-10-2-4-13-9(6-10)7-14(19-13)11-3-5-15(20(22)23)12-8-18-17(21)16(11)12/h2-7,19H,8H2,1H3,(H,18,21). The van der Waals surface area contributed by atoms with Crippen LogP contribution < -0.4 is 10.1 Å². The van der Waals surface area contributed by atoms with Crippen LogP contribution in [-0.2, 0) is 6.54 Å². The van der Waals surface area contributed by atoms with Crippen LogP contribution in [0.4, 0.5) is 5.69 Å². The van der Waals surface area contributed by atoms with Crippen LogP contribution in [0.2, 0.25) is 0 Å². The highest BCUT2D eigenvalue weighted by Crippen LogP contribution is 2.36. The van der Waals surface area contributed by atoms with Crippen LogP contribution in [0.15, 0.2) is 36.4 Å². The van der Waals surface area contributed by atoms with Crippen LogP contribution in [-0.4, -0.2) is 22.9 Å². The summed E-state index contributed by atoms with van der Waals surface area (Å²) in [6.45, 7) is 0.173. The highest BCUT2D eigenvalue weighted by molar-refractivity contribution is 6.06. The molecule has 0 saturated heterocycles. The molecule has 2 heterocycles. The van der Waals surface area contributed by atoms with Gasteiger partial charge in [0.1, 0.15) is 5.75 Å². The van der Waals surface area contributed by atoms with Gasteiger partial charge < -0.3 is 15.0 Å². The van der Waals surface area contributed by atoms with Crippen molar-refractivity contribution in [1.82, 2.24) is 10.3 Å². The molecule has 24 heavy (non-hydrogen) atoms. The summed E-state index contributed by atoms with van der Waals surface area (Å²) >= 11 is 0. The quantitative estimate of drug-likeness (QED) is 0.572. The van der Waals surface area contributed by atoms with E-state index in [1.165, 1.54) is 6.07 Å². The molecule has 7 heteroatoms. The summed E-state index contributed by atoms with van der Waals surface area (Å²) in [4.78, 5) is 26.2. The maximum absolute atomic E-state index is 12.2. The van der Waals surface area contributed by atoms with Crippen LogP contribution in [0.3, 0.4) is 0 Å². The molecule has 1 aromatic heterocycles. The van der Waals surface area contributed by atoms with E-state index in [0.717, 1.165) is 22.3 Å². The zero-order valence-electron chi connectivity index (χ0n) is 12.8. The zero-order chi connectivity index (χ0) is 16.8. The highest BCUT2D eigenvalue weighted by atomic mass is 16.6. The van der Waals surface area contributed by atoms with Crippen LogP contribution in [0, 0.1) is 10.1 Å². The molecule has 0 fully saturated rings. The Labute approximate surface area is 136 Å². The molecule has 1 amide bonds. The molecule has 0 radical (unpaired) electrons. The number of amides is 1. The van der Waals surface area contributed by atoms with Crippen LogP contribution in [0.25, 0.3) is 22.2 Å². The number of aromatic nitrogens is 1. The van der Waals surface area contributed by atoms with Gasteiger partial charge in [-0.05, 0) is 30.3 Å². The van der Waals surface area contributed by atoms with E-state index in [2.05, 4.69) is 10.3 Å². The summed E-state index contributed by atoms with van der Waals surface area (Å²) in [5, 5.41) is 14.8. The molecule has 0 aliphatic carbocycles. The van der Waals surface area contributed by atoms with Crippen molar-refractivity contribution < 1.29 is 14.5 Å². The van der Waals surface area contributed by atoms with E-state index >= 15 is 0 Å². The Morgan fingerprint density at radius 2 is 2.04 bits per heavy atom. The van der Waals surface area contributed by atoms with Crippen molar-refractivity contribution in [2.45, 2.75) is 6.54 Å². The third kappa shape index (κ3) is 2.02. The number of carbonyl (C=O) groups is 1. The van der Waals surface area contributed by atoms with Gasteiger partial charge in [-0.2, -0.15) is 0 Å². The van der Waals surface area contributed by atoms with Gasteiger partial charge in [-0.1, -0.05) is 0 Å². The minimum atomic E-state index is -0.459. The largest absolute Gasteiger partial charge is 0.497 e. The lowest BCUT2D eigenvalue weighted by Crippen LogP contribution is -2.13. The summed E-state index contributed by atoms with van der Waals surface area (Å²) in [5.41, 5.74) is 3.05. The predicted molar refractivity (Wildman–Crippen MR) is 88.1 cm³/mol. The number of ether oxygens (including phenoxy) is 1. The topological polar surface area (TPSA) is 97.3 Å². The molecule has 0 unspecified atom stereocenters. The molecule has 2 N–H and O–H groups in total. The van der Waals surface area contributed by atoms with E-state index in [-0.39, 0.29) is 18.1 Å². The lowest BCUT2D eigenvalue weighted by atomic mass is 9.99. The van der Waals surface area contributed by atoms with Crippen molar-refractivity contribution in [2.75, 3.05) is 7.11 Å². The molecule has 1 aliphatic rings. The Hall–Kier alpha value is -3.35. The van der Waals surface area contributed by atoms with Gasteiger partial charge in [0.25, 0.3) is 11.6 Å². The fourth-order valence-corrected chi connectivity index (χ4v) is 3.11. The predicted octanol–water partition coefficient (Wildman–Crippen LogP) is 3.00. The van der Waals surface area contributed by atoms with Crippen molar-refractivity contribution in [2.24, 2.45) is 0 Å². The average Bonchev–Trinajstić information content (AvgIpc) is 3.17. The summed E-state index contributed by atoms with van der Waals surface area (Å²) in [6, 6.07) is 10.6. The Kier molecular flexibility index (Phi) is 3.02. The van der Waals surface area contributed by atoms with Gasteiger partial charge in [0.05, 0.1) is 29.7 Å². The van der Waals surface area contributed by atoms with Crippen LogP contribution >= 0.6 is 0 Å². The Balaban J connectivity index is 1.93. The van der Waals surface area contributed by atoms with Crippen molar-refractivity contribution in [3.63, 3.8) is 0 Å². The maximum Gasteiger partial charge on any atom is 0.275 e. The minimum absolute atomic E-state index is 0.0371. The van der Waals surface area contributed by atoms with E-state index in [0.29, 0.717) is 16.7 Å². The number of hydrogen-bond donors (Lipinski definition) is 2. The number of nitro benzene ring substituents is 1. The first-order valence-corrected chi connectivity index (χ1v) is 7.34. The monoisotopic (exact) mass is 323 g/mol. The van der Waals surface area contributed by atoms with Crippen LogP contribution in [0.1, 0.15) is 15.9 Å². The number of carbonyl (C=O) groups excluding carboxylic acids is 1. The summed E-state index contributed by atoms with van der Waals surface area (Å²) in [5.74, 6) is 0.444. The van der Waals surface area contributed by atoms with E-state index < -0.39 is 4.92 Å². The first-order valence-electron chi connectivity index (χ1n) is 7.34. The summed E-state index contributed by atoms with van der Waals surface area (Å²) in [6.07, 6.45) is 0. The number of H-pyrrole nitrogens is 1. The molecule has 0 bridgehead atoms. The van der Waals surface area contributed by atoms with Crippen molar-refractivity contribution in [3.05, 3.63) is 57.6 Å². The molecular formula is C17H13N3O4. The number of benzene rings is 2. The van der Waals surface area contributed by atoms with Crippen molar-refractivity contribution in [3.8, 4) is 17.0 Å². The van der Waals surface area contributed by atoms with Gasteiger partial charge >= 0.3 is 0 Å².